The van der Waals surface area contributed by atoms with Crippen molar-refractivity contribution in [3.8, 4) is 0 Å². The smallest absolute Gasteiger partial charge is 0.337 e. The molecule has 0 spiro atoms. The van der Waals surface area contributed by atoms with E-state index in [1.807, 2.05) is 0 Å². The van der Waals surface area contributed by atoms with Crippen molar-refractivity contribution >= 4 is 23.8 Å². The molecule has 1 saturated heterocycles. The number of methoxy groups -OCH3 is 1. The van der Waals surface area contributed by atoms with Gasteiger partial charge in [-0.05, 0) is 37.5 Å². The molecule has 0 N–H and O–H groups in total. The van der Waals surface area contributed by atoms with Crippen molar-refractivity contribution in [2.75, 3.05) is 7.11 Å². The van der Waals surface area contributed by atoms with Crippen molar-refractivity contribution in [3.05, 3.63) is 35.4 Å². The van der Waals surface area contributed by atoms with Crippen LogP contribution < -0.4 is 0 Å². The molecule has 3 atom stereocenters. The monoisotopic (exact) mass is 373 g/mol. The Balaban J connectivity index is 1.63. The number of carbonyl (C=O) groups is 4. The summed E-state index contributed by atoms with van der Waals surface area (Å²) in [4.78, 5) is 50.2. The number of imide groups is 1. The molecule has 0 bridgehead atoms. The molecule has 27 heavy (non-hydrogen) atoms. The van der Waals surface area contributed by atoms with Crippen molar-refractivity contribution in [2.45, 2.75) is 45.3 Å². The van der Waals surface area contributed by atoms with Crippen LogP contribution in [0.1, 0.15) is 48.5 Å². The average molecular weight is 373 g/mol. The number of likely N-dealkylation sites (tertiary alicyclic amines) is 1. The molecular formula is C20H23NO6. The number of esters is 2. The van der Waals surface area contributed by atoms with E-state index in [9.17, 15) is 19.2 Å². The first-order chi connectivity index (χ1) is 12.9. The summed E-state index contributed by atoms with van der Waals surface area (Å²) in [7, 11) is 1.29. The Labute approximate surface area is 157 Å². The molecule has 1 aromatic carbocycles. The Morgan fingerprint density at radius 3 is 2.37 bits per heavy atom. The number of nitrogens with zero attached hydrogens (tertiary/aromatic N) is 1. The zero-order valence-electron chi connectivity index (χ0n) is 15.5. The van der Waals surface area contributed by atoms with Gasteiger partial charge in [0.15, 0.2) is 0 Å². The van der Waals surface area contributed by atoms with Crippen LogP contribution in [-0.4, -0.2) is 41.8 Å². The number of ether oxygens (including phenoxy) is 2. The highest BCUT2D eigenvalue weighted by Crippen LogP contribution is 2.38. The molecule has 0 unspecified atom stereocenters. The van der Waals surface area contributed by atoms with E-state index in [1.165, 1.54) is 14.0 Å². The van der Waals surface area contributed by atoms with Gasteiger partial charge in [-0.3, -0.25) is 14.5 Å². The first kappa shape index (κ1) is 19.1. The molecule has 1 saturated carbocycles. The minimum Gasteiger partial charge on any atom is -0.465 e. The van der Waals surface area contributed by atoms with Gasteiger partial charge in [-0.25, -0.2) is 9.59 Å². The molecule has 1 aliphatic carbocycles. The number of amides is 2. The standard InChI is InChI=1S/C20H23NO6/c1-12(21-17(22)15-8-3-4-9-16(15)18(21)23)19(24)27-11-13-6-5-7-14(10-13)20(25)26-2/h5-7,10,12,15-16H,3-4,8-9,11H2,1-2H3/t12-,15-,16+/m1/s1. The zero-order valence-corrected chi connectivity index (χ0v) is 15.5. The summed E-state index contributed by atoms with van der Waals surface area (Å²) in [6, 6.07) is 5.59. The predicted octanol–water partition coefficient (Wildman–Crippen LogP) is 2.08. The fourth-order valence-electron chi connectivity index (χ4n) is 3.86. The molecule has 0 radical (unpaired) electrons. The van der Waals surface area contributed by atoms with Crippen LogP contribution in [-0.2, 0) is 30.5 Å². The normalized spacial score (nSPS) is 23.0. The van der Waals surface area contributed by atoms with E-state index in [1.54, 1.807) is 24.3 Å². The van der Waals surface area contributed by atoms with E-state index in [-0.39, 0.29) is 30.3 Å². The fraction of sp³-hybridized carbons (Fsp3) is 0.500. The molecule has 0 aromatic heterocycles. The highest BCUT2D eigenvalue weighted by Gasteiger charge is 2.51. The Bertz CT molecular complexity index is 749. The second-order valence-electron chi connectivity index (χ2n) is 7.02. The summed E-state index contributed by atoms with van der Waals surface area (Å²) in [5.74, 6) is -2.23. The molecule has 7 heteroatoms. The highest BCUT2D eigenvalue weighted by molar-refractivity contribution is 6.07. The van der Waals surface area contributed by atoms with Gasteiger partial charge in [-0.2, -0.15) is 0 Å². The van der Waals surface area contributed by atoms with Crippen LogP contribution in [0.15, 0.2) is 24.3 Å². The predicted molar refractivity (Wildman–Crippen MR) is 94.3 cm³/mol. The van der Waals surface area contributed by atoms with Crippen molar-refractivity contribution in [2.24, 2.45) is 11.8 Å². The van der Waals surface area contributed by atoms with Gasteiger partial charge in [-0.15, -0.1) is 0 Å². The topological polar surface area (TPSA) is 90.0 Å². The van der Waals surface area contributed by atoms with Crippen LogP contribution >= 0.6 is 0 Å². The van der Waals surface area contributed by atoms with Gasteiger partial charge in [-0.1, -0.05) is 25.0 Å². The third kappa shape index (κ3) is 3.72. The molecule has 1 heterocycles. The molecular weight excluding hydrogens is 350 g/mol. The van der Waals surface area contributed by atoms with E-state index in [4.69, 9.17) is 4.74 Å². The highest BCUT2D eigenvalue weighted by atomic mass is 16.5. The van der Waals surface area contributed by atoms with Crippen molar-refractivity contribution < 1.29 is 28.7 Å². The number of fused-ring (bicyclic) bond motifs is 1. The van der Waals surface area contributed by atoms with Crippen LogP contribution in [0.25, 0.3) is 0 Å². The number of carbonyl (C=O) groups excluding carboxylic acids is 4. The Morgan fingerprint density at radius 1 is 1.15 bits per heavy atom. The summed E-state index contributed by atoms with van der Waals surface area (Å²) in [6.07, 6.45) is 3.27. The van der Waals surface area contributed by atoms with E-state index >= 15 is 0 Å². The number of hydrogen-bond donors (Lipinski definition) is 0. The second-order valence-corrected chi connectivity index (χ2v) is 7.02. The third-order valence-corrected chi connectivity index (χ3v) is 5.33. The third-order valence-electron chi connectivity index (χ3n) is 5.33. The molecule has 1 aromatic rings. The lowest BCUT2D eigenvalue weighted by Crippen LogP contribution is -2.44. The first-order valence-electron chi connectivity index (χ1n) is 9.15. The SMILES string of the molecule is COC(=O)c1cccc(COC(=O)[C@@H](C)N2C(=O)[C@H]3CCCC[C@H]3C2=O)c1. The molecule has 2 fully saturated rings. The molecule has 2 aliphatic rings. The molecule has 1 aliphatic heterocycles. The molecule has 144 valence electrons. The fourth-order valence-corrected chi connectivity index (χ4v) is 3.86. The lowest BCUT2D eigenvalue weighted by molar-refractivity contribution is -0.159. The molecule has 7 nitrogen and oxygen atoms in total. The summed E-state index contributed by atoms with van der Waals surface area (Å²) < 4.78 is 9.95. The minimum absolute atomic E-state index is 0.0584. The first-order valence-corrected chi connectivity index (χ1v) is 9.15. The van der Waals surface area contributed by atoms with Gasteiger partial charge in [0.1, 0.15) is 12.6 Å². The Morgan fingerprint density at radius 2 is 1.78 bits per heavy atom. The zero-order chi connectivity index (χ0) is 19.6. The van der Waals surface area contributed by atoms with Gasteiger partial charge < -0.3 is 9.47 Å². The number of hydrogen-bond acceptors (Lipinski definition) is 6. The van der Waals surface area contributed by atoms with Crippen LogP contribution in [0.2, 0.25) is 0 Å². The van der Waals surface area contributed by atoms with Crippen molar-refractivity contribution in [1.82, 2.24) is 4.90 Å². The van der Waals surface area contributed by atoms with Gasteiger partial charge >= 0.3 is 11.9 Å². The van der Waals surface area contributed by atoms with Gasteiger partial charge in [0.2, 0.25) is 11.8 Å². The maximum absolute atomic E-state index is 12.6. The van der Waals surface area contributed by atoms with E-state index in [0.29, 0.717) is 24.0 Å². The second kappa shape index (κ2) is 7.90. The van der Waals surface area contributed by atoms with E-state index in [2.05, 4.69) is 4.74 Å². The maximum atomic E-state index is 12.6. The van der Waals surface area contributed by atoms with Crippen LogP contribution in [0, 0.1) is 11.8 Å². The molecule has 3 rings (SSSR count). The summed E-state index contributed by atoms with van der Waals surface area (Å²) >= 11 is 0. The average Bonchev–Trinajstić information content (AvgIpc) is 2.96. The number of benzene rings is 1. The van der Waals surface area contributed by atoms with Crippen LogP contribution in [0.5, 0.6) is 0 Å². The largest absolute Gasteiger partial charge is 0.465 e. The summed E-state index contributed by atoms with van der Waals surface area (Å²) in [6.45, 7) is 1.46. The van der Waals surface area contributed by atoms with Crippen LogP contribution in [0.4, 0.5) is 0 Å². The van der Waals surface area contributed by atoms with E-state index < -0.39 is 18.0 Å². The lowest BCUT2D eigenvalue weighted by Gasteiger charge is -2.21. The Hall–Kier alpha value is -2.70. The lowest BCUT2D eigenvalue weighted by atomic mass is 9.81. The quantitative estimate of drug-likeness (QED) is 0.580. The minimum atomic E-state index is -0.959. The Kier molecular flexibility index (Phi) is 5.58. The maximum Gasteiger partial charge on any atom is 0.337 e. The summed E-state index contributed by atoms with van der Waals surface area (Å²) in [5, 5.41) is 0. The van der Waals surface area contributed by atoms with Gasteiger partial charge in [0.25, 0.3) is 0 Å². The number of rotatable bonds is 5. The van der Waals surface area contributed by atoms with Gasteiger partial charge in [0.05, 0.1) is 24.5 Å². The van der Waals surface area contributed by atoms with E-state index in [0.717, 1.165) is 17.7 Å². The summed E-state index contributed by atoms with van der Waals surface area (Å²) in [5.41, 5.74) is 0.972. The van der Waals surface area contributed by atoms with Crippen LogP contribution in [0.3, 0.4) is 0 Å². The van der Waals surface area contributed by atoms with Crippen molar-refractivity contribution in [3.63, 3.8) is 0 Å². The van der Waals surface area contributed by atoms with Gasteiger partial charge in [0, 0.05) is 0 Å². The molecule has 2 amide bonds. The van der Waals surface area contributed by atoms with Crippen molar-refractivity contribution in [1.29, 1.82) is 0 Å².